The molecule has 2 aromatic carbocycles. The topological polar surface area (TPSA) is 50.2 Å². The zero-order chi connectivity index (χ0) is 20.2. The first-order valence-corrected chi connectivity index (χ1v) is 10.2. The van der Waals surface area contributed by atoms with Gasteiger partial charge in [-0.15, -0.1) is 12.4 Å². The minimum Gasteiger partial charge on any atom is -0.337 e. The number of nitrogens with one attached hydrogen (secondary N) is 1. The highest BCUT2D eigenvalue weighted by atomic mass is 35.5. The van der Waals surface area contributed by atoms with Crippen LogP contribution in [0.25, 0.3) is 5.69 Å². The molecule has 1 unspecified atom stereocenters. The lowest BCUT2D eigenvalue weighted by atomic mass is 9.94. The van der Waals surface area contributed by atoms with Gasteiger partial charge < -0.3 is 10.2 Å². The van der Waals surface area contributed by atoms with Crippen LogP contribution in [0.3, 0.4) is 0 Å². The minimum absolute atomic E-state index is 0. The second kappa shape index (κ2) is 9.92. The van der Waals surface area contributed by atoms with Crippen LogP contribution in [-0.4, -0.2) is 40.7 Å². The number of aryl methyl sites for hydroxylation is 1. The number of hydrogen-bond acceptors (Lipinski definition) is 3. The summed E-state index contributed by atoms with van der Waals surface area (Å²) in [5.74, 6) is 0.677. The van der Waals surface area contributed by atoms with Crippen molar-refractivity contribution in [3.63, 3.8) is 0 Å². The van der Waals surface area contributed by atoms with Crippen molar-refractivity contribution in [3.05, 3.63) is 83.2 Å². The summed E-state index contributed by atoms with van der Waals surface area (Å²) < 4.78 is 1.86. The van der Waals surface area contributed by atoms with E-state index in [0.717, 1.165) is 41.9 Å². The lowest BCUT2D eigenvalue weighted by Crippen LogP contribution is -2.27. The summed E-state index contributed by atoms with van der Waals surface area (Å²) >= 11 is 0. The molecule has 30 heavy (non-hydrogen) atoms. The van der Waals surface area contributed by atoms with Gasteiger partial charge in [0.05, 0.1) is 11.9 Å². The van der Waals surface area contributed by atoms with E-state index < -0.39 is 0 Å². The summed E-state index contributed by atoms with van der Waals surface area (Å²) in [6, 6.07) is 16.2. The van der Waals surface area contributed by atoms with E-state index in [4.69, 9.17) is 0 Å². The van der Waals surface area contributed by atoms with Gasteiger partial charge in [0, 0.05) is 30.9 Å². The van der Waals surface area contributed by atoms with Crippen LogP contribution in [0, 0.1) is 12.8 Å². The van der Waals surface area contributed by atoms with Crippen LogP contribution in [-0.2, 0) is 13.0 Å². The van der Waals surface area contributed by atoms with Crippen molar-refractivity contribution < 1.29 is 4.79 Å². The first-order chi connectivity index (χ1) is 14.1. The van der Waals surface area contributed by atoms with Crippen LogP contribution < -0.4 is 5.32 Å². The predicted molar refractivity (Wildman–Crippen MR) is 122 cm³/mol. The van der Waals surface area contributed by atoms with Crippen LogP contribution in [0.2, 0.25) is 0 Å². The first-order valence-electron chi connectivity index (χ1n) is 10.2. The molecule has 1 saturated heterocycles. The Morgan fingerprint density at radius 3 is 2.83 bits per heavy atom. The number of halogens is 1. The number of nitrogens with zero attached hydrogens (tertiary/aromatic N) is 3. The van der Waals surface area contributed by atoms with Gasteiger partial charge in [0.15, 0.2) is 0 Å². The third kappa shape index (κ3) is 5.10. The molecular weight excluding hydrogens is 396 g/mol. The fourth-order valence-electron chi connectivity index (χ4n) is 4.01. The Hall–Kier alpha value is -2.63. The van der Waals surface area contributed by atoms with Crippen molar-refractivity contribution in [2.75, 3.05) is 20.1 Å². The van der Waals surface area contributed by atoms with Gasteiger partial charge in [-0.1, -0.05) is 30.3 Å². The molecule has 1 aliphatic rings. The highest BCUT2D eigenvalue weighted by molar-refractivity contribution is 5.95. The molecule has 1 aliphatic heterocycles. The molecule has 0 spiro atoms. The van der Waals surface area contributed by atoms with Gasteiger partial charge in [-0.25, -0.2) is 4.68 Å². The zero-order valence-electron chi connectivity index (χ0n) is 17.5. The van der Waals surface area contributed by atoms with Crippen molar-refractivity contribution in [2.24, 2.45) is 5.92 Å². The molecule has 158 valence electrons. The average Bonchev–Trinajstić information content (AvgIpc) is 3.40. The van der Waals surface area contributed by atoms with Crippen LogP contribution in [0.4, 0.5) is 0 Å². The summed E-state index contributed by atoms with van der Waals surface area (Å²) in [4.78, 5) is 14.9. The Bertz CT molecular complexity index is 994. The van der Waals surface area contributed by atoms with Crippen LogP contribution in [0.1, 0.15) is 33.5 Å². The van der Waals surface area contributed by atoms with Gasteiger partial charge in [0.2, 0.25) is 0 Å². The maximum atomic E-state index is 13.1. The van der Waals surface area contributed by atoms with Crippen molar-refractivity contribution in [2.45, 2.75) is 26.3 Å². The number of amides is 1. The largest absolute Gasteiger partial charge is 0.337 e. The standard InChI is InChI=1S/C24H28N4O.ClH/c1-18-6-5-8-22(12-18)28-17-20(15-26-28)16-27(2)24(29)23-9-4-3-7-21(23)13-19-10-11-25-14-19;/h3-9,12,15,17,19,25H,10-11,13-14,16H2,1-2H3;1H. The molecular formula is C24H29ClN4O. The molecule has 1 fully saturated rings. The SMILES string of the molecule is Cc1cccc(-n2cc(CN(C)C(=O)c3ccccc3CC3CCNC3)cn2)c1.Cl. The predicted octanol–water partition coefficient (Wildman–Crippen LogP) is 4.03. The Labute approximate surface area is 184 Å². The van der Waals surface area contributed by atoms with E-state index in [2.05, 4.69) is 35.5 Å². The Balaban J connectivity index is 0.00000256. The Morgan fingerprint density at radius 2 is 2.07 bits per heavy atom. The molecule has 1 N–H and O–H groups in total. The zero-order valence-corrected chi connectivity index (χ0v) is 18.4. The van der Waals surface area contributed by atoms with Crippen molar-refractivity contribution in [1.29, 1.82) is 0 Å². The lowest BCUT2D eigenvalue weighted by molar-refractivity contribution is 0.0784. The molecule has 2 heterocycles. The minimum atomic E-state index is 0. The lowest BCUT2D eigenvalue weighted by Gasteiger charge is -2.19. The normalized spacial score (nSPS) is 15.6. The molecule has 1 amide bonds. The van der Waals surface area contributed by atoms with Crippen molar-refractivity contribution >= 4 is 18.3 Å². The molecule has 0 radical (unpaired) electrons. The summed E-state index contributed by atoms with van der Waals surface area (Å²) in [6.45, 7) is 4.71. The van der Waals surface area contributed by atoms with E-state index in [0.29, 0.717) is 12.5 Å². The quantitative estimate of drug-likeness (QED) is 0.650. The fraction of sp³-hybridized carbons (Fsp3) is 0.333. The molecule has 5 nitrogen and oxygen atoms in total. The Morgan fingerprint density at radius 1 is 1.23 bits per heavy atom. The Kier molecular flexibility index (Phi) is 7.29. The highest BCUT2D eigenvalue weighted by Crippen LogP contribution is 2.20. The monoisotopic (exact) mass is 424 g/mol. The number of aromatic nitrogens is 2. The molecule has 4 rings (SSSR count). The number of carbonyl (C=O) groups excluding carboxylic acids is 1. The molecule has 6 heteroatoms. The van der Waals surface area contributed by atoms with E-state index in [-0.39, 0.29) is 18.3 Å². The molecule has 3 aromatic rings. The number of hydrogen-bond donors (Lipinski definition) is 1. The van der Waals surface area contributed by atoms with E-state index in [9.17, 15) is 4.79 Å². The van der Waals surface area contributed by atoms with E-state index in [1.165, 1.54) is 12.0 Å². The van der Waals surface area contributed by atoms with Gasteiger partial charge in [0.1, 0.15) is 0 Å². The van der Waals surface area contributed by atoms with Gasteiger partial charge in [-0.3, -0.25) is 4.79 Å². The average molecular weight is 425 g/mol. The van der Waals surface area contributed by atoms with Gasteiger partial charge in [0.25, 0.3) is 5.91 Å². The highest BCUT2D eigenvalue weighted by Gasteiger charge is 2.20. The summed E-state index contributed by atoms with van der Waals surface area (Å²) in [6.07, 6.45) is 5.96. The van der Waals surface area contributed by atoms with Gasteiger partial charge >= 0.3 is 0 Å². The van der Waals surface area contributed by atoms with Crippen molar-refractivity contribution in [1.82, 2.24) is 20.0 Å². The number of rotatable bonds is 6. The van der Waals surface area contributed by atoms with E-state index in [1.54, 1.807) is 4.90 Å². The third-order valence-corrected chi connectivity index (χ3v) is 5.59. The fourth-order valence-corrected chi connectivity index (χ4v) is 4.01. The third-order valence-electron chi connectivity index (χ3n) is 5.59. The maximum Gasteiger partial charge on any atom is 0.254 e. The summed E-state index contributed by atoms with van der Waals surface area (Å²) in [7, 11) is 1.86. The molecule has 1 aromatic heterocycles. The smallest absolute Gasteiger partial charge is 0.254 e. The number of benzene rings is 2. The summed E-state index contributed by atoms with van der Waals surface area (Å²) in [5, 5.41) is 7.88. The first kappa shape index (κ1) is 22.1. The second-order valence-corrected chi connectivity index (χ2v) is 8.01. The van der Waals surface area contributed by atoms with Crippen LogP contribution in [0.5, 0.6) is 0 Å². The summed E-state index contributed by atoms with van der Waals surface area (Å²) in [5.41, 5.74) is 5.20. The van der Waals surface area contributed by atoms with Gasteiger partial charge in [-0.05, 0) is 68.1 Å². The van der Waals surface area contributed by atoms with Gasteiger partial charge in [-0.2, -0.15) is 5.10 Å². The second-order valence-electron chi connectivity index (χ2n) is 8.01. The molecule has 1 atom stereocenters. The molecule has 0 aliphatic carbocycles. The van der Waals surface area contributed by atoms with Crippen molar-refractivity contribution in [3.8, 4) is 5.69 Å². The number of carbonyl (C=O) groups is 1. The molecule has 0 saturated carbocycles. The van der Waals surface area contributed by atoms with E-state index in [1.807, 2.05) is 54.5 Å². The van der Waals surface area contributed by atoms with Crippen LogP contribution >= 0.6 is 12.4 Å². The van der Waals surface area contributed by atoms with Crippen LogP contribution in [0.15, 0.2) is 60.9 Å². The molecule has 0 bridgehead atoms. The maximum absolute atomic E-state index is 13.1. The van der Waals surface area contributed by atoms with E-state index >= 15 is 0 Å².